The normalized spacial score (nSPS) is 22.4. The second-order valence-electron chi connectivity index (χ2n) is 6.22. The molecule has 1 aliphatic carbocycles. The van der Waals surface area contributed by atoms with Crippen LogP contribution < -0.4 is 10.6 Å². The Morgan fingerprint density at radius 3 is 2.28 bits per heavy atom. The van der Waals surface area contributed by atoms with Gasteiger partial charge in [-0.2, -0.15) is 0 Å². The predicted octanol–water partition coefficient (Wildman–Crippen LogP) is -0.0594. The number of imide groups is 2. The van der Waals surface area contributed by atoms with Crippen molar-refractivity contribution in [3.05, 3.63) is 0 Å². The summed E-state index contributed by atoms with van der Waals surface area (Å²) in [5.41, 5.74) is 0. The van der Waals surface area contributed by atoms with Gasteiger partial charge < -0.3 is 10.1 Å². The molecule has 2 rings (SSSR count). The van der Waals surface area contributed by atoms with E-state index in [1.807, 2.05) is 12.2 Å². The van der Waals surface area contributed by atoms with Crippen molar-refractivity contribution in [1.29, 1.82) is 0 Å². The quantitative estimate of drug-likeness (QED) is 0.510. The van der Waals surface area contributed by atoms with E-state index in [0.717, 1.165) is 24.2 Å². The van der Waals surface area contributed by atoms with E-state index in [9.17, 15) is 24.0 Å². The number of hydrogen-bond acceptors (Lipinski definition) is 6. The van der Waals surface area contributed by atoms with Gasteiger partial charge in [-0.3, -0.25) is 29.4 Å². The first-order valence-corrected chi connectivity index (χ1v) is 8.52. The van der Waals surface area contributed by atoms with Crippen LogP contribution in [0.5, 0.6) is 0 Å². The molecule has 1 heterocycles. The van der Waals surface area contributed by atoms with Crippen LogP contribution in [0.2, 0.25) is 0 Å². The van der Waals surface area contributed by atoms with Crippen LogP contribution in [0.15, 0.2) is 0 Å². The second-order valence-corrected chi connectivity index (χ2v) is 6.22. The number of amides is 5. The van der Waals surface area contributed by atoms with Crippen molar-refractivity contribution >= 4 is 29.7 Å². The highest BCUT2D eigenvalue weighted by Gasteiger charge is 2.48. The van der Waals surface area contributed by atoms with Crippen molar-refractivity contribution < 1.29 is 28.7 Å². The summed E-state index contributed by atoms with van der Waals surface area (Å²) in [5.74, 6) is -2.98. The van der Waals surface area contributed by atoms with Gasteiger partial charge in [-0.25, -0.2) is 4.79 Å². The third-order valence-electron chi connectivity index (χ3n) is 4.37. The molecule has 0 aromatic heterocycles. The smallest absolute Gasteiger partial charge is 0.326 e. The van der Waals surface area contributed by atoms with E-state index >= 15 is 0 Å². The lowest BCUT2D eigenvalue weighted by atomic mass is 9.81. The Hall–Kier alpha value is -2.45. The minimum atomic E-state index is -0.857. The van der Waals surface area contributed by atoms with E-state index in [1.54, 1.807) is 0 Å². The summed E-state index contributed by atoms with van der Waals surface area (Å²) < 4.78 is 4.74. The van der Waals surface area contributed by atoms with Crippen LogP contribution in [-0.2, 0) is 23.9 Å². The zero-order valence-corrected chi connectivity index (χ0v) is 14.2. The zero-order valence-electron chi connectivity index (χ0n) is 14.2. The lowest BCUT2D eigenvalue weighted by Crippen LogP contribution is -2.42. The number of esters is 1. The van der Waals surface area contributed by atoms with Crippen molar-refractivity contribution in [3.63, 3.8) is 0 Å². The van der Waals surface area contributed by atoms with Crippen LogP contribution in [0.25, 0.3) is 0 Å². The van der Waals surface area contributed by atoms with Crippen LogP contribution in [0.3, 0.4) is 0 Å². The fourth-order valence-corrected chi connectivity index (χ4v) is 3.15. The van der Waals surface area contributed by atoms with Crippen LogP contribution >= 0.6 is 0 Å². The molecule has 1 saturated heterocycles. The molecule has 1 aliphatic heterocycles. The maximum absolute atomic E-state index is 12.2. The third kappa shape index (κ3) is 4.77. The van der Waals surface area contributed by atoms with E-state index in [1.165, 1.54) is 0 Å². The molecule has 2 fully saturated rings. The minimum absolute atomic E-state index is 0.334. The summed E-state index contributed by atoms with van der Waals surface area (Å²) in [6, 6.07) is -0.670. The zero-order chi connectivity index (χ0) is 18.4. The molecule has 5 amide bonds. The SMILES string of the molecule is CCCNC(=O)NC(=O)COC(=O)CN1C(=O)[C@@H]2CCCC[C@H]2C1=O. The molecule has 0 spiro atoms. The van der Waals surface area contributed by atoms with Crippen molar-refractivity contribution in [2.45, 2.75) is 39.0 Å². The van der Waals surface area contributed by atoms with E-state index in [-0.39, 0.29) is 23.7 Å². The number of carbonyl (C=O) groups excluding carboxylic acids is 5. The number of hydrogen-bond donors (Lipinski definition) is 2. The van der Waals surface area contributed by atoms with Crippen molar-refractivity contribution in [3.8, 4) is 0 Å². The van der Waals surface area contributed by atoms with Gasteiger partial charge in [-0.05, 0) is 19.3 Å². The number of fused-ring (bicyclic) bond motifs is 1. The number of urea groups is 1. The van der Waals surface area contributed by atoms with E-state index in [2.05, 4.69) is 5.32 Å². The molecule has 1 saturated carbocycles. The lowest BCUT2D eigenvalue weighted by Gasteiger charge is -2.19. The molecule has 2 aliphatic rings. The molecule has 9 heteroatoms. The molecule has 2 atom stereocenters. The van der Waals surface area contributed by atoms with E-state index < -0.39 is 31.1 Å². The highest BCUT2D eigenvalue weighted by molar-refractivity contribution is 6.07. The van der Waals surface area contributed by atoms with Gasteiger partial charge in [0.2, 0.25) is 11.8 Å². The molecule has 138 valence electrons. The minimum Gasteiger partial charge on any atom is -0.454 e. The van der Waals surface area contributed by atoms with Crippen LogP contribution in [-0.4, -0.2) is 54.3 Å². The standard InChI is InChI=1S/C16H23N3O6/c1-2-7-17-16(24)18-12(20)9-25-13(21)8-19-14(22)10-5-3-4-6-11(10)15(19)23/h10-11H,2-9H2,1H3,(H2,17,18,20,24)/t10-,11-/m1/s1. The van der Waals surface area contributed by atoms with E-state index in [4.69, 9.17) is 4.74 Å². The van der Waals surface area contributed by atoms with E-state index in [0.29, 0.717) is 19.4 Å². The van der Waals surface area contributed by atoms with Gasteiger partial charge in [0.1, 0.15) is 6.54 Å². The largest absolute Gasteiger partial charge is 0.454 e. The topological polar surface area (TPSA) is 122 Å². The van der Waals surface area contributed by atoms with Gasteiger partial charge in [-0.15, -0.1) is 0 Å². The summed E-state index contributed by atoms with van der Waals surface area (Å²) in [6.45, 7) is 1.13. The van der Waals surface area contributed by atoms with Gasteiger partial charge >= 0.3 is 12.0 Å². The monoisotopic (exact) mass is 353 g/mol. The maximum Gasteiger partial charge on any atom is 0.326 e. The van der Waals surface area contributed by atoms with Gasteiger partial charge in [0, 0.05) is 6.54 Å². The Morgan fingerprint density at radius 2 is 1.72 bits per heavy atom. The summed E-state index contributed by atoms with van der Waals surface area (Å²) in [7, 11) is 0. The lowest BCUT2D eigenvalue weighted by molar-refractivity contribution is -0.154. The molecular formula is C16H23N3O6. The van der Waals surface area contributed by atoms with Crippen molar-refractivity contribution in [2.75, 3.05) is 19.7 Å². The molecule has 0 aromatic carbocycles. The number of rotatable bonds is 6. The highest BCUT2D eigenvalue weighted by atomic mass is 16.5. The van der Waals surface area contributed by atoms with Crippen molar-refractivity contribution in [1.82, 2.24) is 15.5 Å². The number of ether oxygens (including phenoxy) is 1. The molecule has 0 radical (unpaired) electrons. The Bertz CT molecular complexity index is 552. The first-order chi connectivity index (χ1) is 11.9. The van der Waals surface area contributed by atoms with Gasteiger partial charge in [0.25, 0.3) is 5.91 Å². The first kappa shape index (κ1) is 18.9. The number of carbonyl (C=O) groups is 5. The highest BCUT2D eigenvalue weighted by Crippen LogP contribution is 2.37. The molecule has 25 heavy (non-hydrogen) atoms. The van der Waals surface area contributed by atoms with Gasteiger partial charge in [0.05, 0.1) is 11.8 Å². The van der Waals surface area contributed by atoms with Crippen LogP contribution in [0.4, 0.5) is 4.79 Å². The summed E-state index contributed by atoms with van der Waals surface area (Å²) >= 11 is 0. The summed E-state index contributed by atoms with van der Waals surface area (Å²) in [6.07, 6.45) is 3.85. The summed E-state index contributed by atoms with van der Waals surface area (Å²) in [4.78, 5) is 60.0. The Morgan fingerprint density at radius 1 is 1.12 bits per heavy atom. The maximum atomic E-state index is 12.2. The Kier molecular flexibility index (Phi) is 6.49. The predicted molar refractivity (Wildman–Crippen MR) is 85.0 cm³/mol. The second kappa shape index (κ2) is 8.59. The van der Waals surface area contributed by atoms with Crippen molar-refractivity contribution in [2.24, 2.45) is 11.8 Å². The first-order valence-electron chi connectivity index (χ1n) is 8.52. The molecule has 0 aromatic rings. The molecular weight excluding hydrogens is 330 g/mol. The number of likely N-dealkylation sites (tertiary alicyclic amines) is 1. The van der Waals surface area contributed by atoms with Crippen LogP contribution in [0.1, 0.15) is 39.0 Å². The molecule has 9 nitrogen and oxygen atoms in total. The number of nitrogens with zero attached hydrogens (tertiary/aromatic N) is 1. The van der Waals surface area contributed by atoms with Crippen LogP contribution in [0, 0.1) is 11.8 Å². The Balaban J connectivity index is 1.76. The van der Waals surface area contributed by atoms with Gasteiger partial charge in [0.15, 0.2) is 6.61 Å². The average molecular weight is 353 g/mol. The molecule has 2 N–H and O–H groups in total. The summed E-state index contributed by atoms with van der Waals surface area (Å²) in [5, 5.41) is 4.45. The third-order valence-corrected chi connectivity index (χ3v) is 4.37. The van der Waals surface area contributed by atoms with Gasteiger partial charge in [-0.1, -0.05) is 19.8 Å². The molecule has 0 bridgehead atoms. The average Bonchev–Trinajstić information content (AvgIpc) is 2.83. The fraction of sp³-hybridized carbons (Fsp3) is 0.688. The molecule has 0 unspecified atom stereocenters. The Labute approximate surface area is 145 Å². The number of nitrogens with one attached hydrogen (secondary N) is 2. The fourth-order valence-electron chi connectivity index (χ4n) is 3.15.